The van der Waals surface area contributed by atoms with Crippen molar-refractivity contribution in [3.8, 4) is 0 Å². The molecule has 5 N–H and O–H groups in total. The zero-order valence-corrected chi connectivity index (χ0v) is 10.1. The second-order valence-corrected chi connectivity index (χ2v) is 6.81. The molecule has 1 aromatic rings. The molecule has 0 aromatic carbocycles. The smallest absolute Gasteiger partial charge is 0.0925 e. The van der Waals surface area contributed by atoms with E-state index in [0.717, 1.165) is 5.56 Å². The van der Waals surface area contributed by atoms with Gasteiger partial charge in [0.25, 0.3) is 0 Å². The Bertz CT molecular complexity index is 317. The average molecular weight is 236 g/mol. The lowest BCUT2D eigenvalue weighted by Crippen LogP contribution is -2.23. The summed E-state index contributed by atoms with van der Waals surface area (Å²) >= 11 is 1.35. The van der Waals surface area contributed by atoms with Gasteiger partial charge < -0.3 is 9.66 Å². The Kier molecular flexibility index (Phi) is 3.25. The summed E-state index contributed by atoms with van der Waals surface area (Å²) in [6.45, 7) is 3.40. The number of rotatable bonds is 3. The van der Waals surface area contributed by atoms with E-state index in [1.54, 1.807) is 32.3 Å². The fraction of sp³-hybridized carbons (Fsp3) is 0.500. The van der Waals surface area contributed by atoms with Gasteiger partial charge in [0.1, 0.15) is 0 Å². The standard InChI is InChI=1S/C8H16N2O2S2/c1-8(2,11)6-4-7(13-5-6)14(9,12)10-3/h4-5,10-12H,9H2,1-3H3. The van der Waals surface area contributed by atoms with Gasteiger partial charge in [-0.05, 0) is 37.9 Å². The van der Waals surface area contributed by atoms with Gasteiger partial charge in [0, 0.05) is 10.7 Å². The molecule has 0 aliphatic heterocycles. The third kappa shape index (κ3) is 2.47. The Balaban J connectivity index is 3.00. The number of thiophene rings is 1. The van der Waals surface area contributed by atoms with Gasteiger partial charge >= 0.3 is 0 Å². The highest BCUT2D eigenvalue weighted by Crippen LogP contribution is 2.45. The van der Waals surface area contributed by atoms with E-state index in [0.29, 0.717) is 4.21 Å². The van der Waals surface area contributed by atoms with Gasteiger partial charge in [-0.2, -0.15) is 0 Å². The third-order valence-corrected chi connectivity index (χ3v) is 5.03. The van der Waals surface area contributed by atoms with Crippen molar-refractivity contribution in [2.75, 3.05) is 7.05 Å². The summed E-state index contributed by atoms with van der Waals surface area (Å²) in [5.74, 6) is 0. The maximum Gasteiger partial charge on any atom is 0.0925 e. The summed E-state index contributed by atoms with van der Waals surface area (Å²) in [5.41, 5.74) is -0.123. The predicted molar refractivity (Wildman–Crippen MR) is 61.3 cm³/mol. The van der Waals surface area contributed by atoms with Crippen LogP contribution < -0.4 is 9.86 Å². The van der Waals surface area contributed by atoms with E-state index in [9.17, 15) is 9.66 Å². The molecule has 0 fully saturated rings. The van der Waals surface area contributed by atoms with Crippen LogP contribution in [0.25, 0.3) is 0 Å². The molecule has 0 aliphatic rings. The first-order chi connectivity index (χ1) is 6.27. The van der Waals surface area contributed by atoms with Crippen molar-refractivity contribution in [3.05, 3.63) is 17.0 Å². The summed E-state index contributed by atoms with van der Waals surface area (Å²) in [6, 6.07) is 1.73. The number of nitrogens with one attached hydrogen (secondary N) is 1. The molecule has 14 heavy (non-hydrogen) atoms. The van der Waals surface area contributed by atoms with Gasteiger partial charge in [-0.25, -0.2) is 4.72 Å². The molecule has 0 spiro atoms. The van der Waals surface area contributed by atoms with Crippen molar-refractivity contribution in [1.29, 1.82) is 0 Å². The lowest BCUT2D eigenvalue weighted by Gasteiger charge is -2.26. The van der Waals surface area contributed by atoms with E-state index < -0.39 is 16.3 Å². The number of nitrogens with two attached hydrogens (primary N) is 1. The van der Waals surface area contributed by atoms with Crippen molar-refractivity contribution < 1.29 is 9.66 Å². The van der Waals surface area contributed by atoms with Crippen LogP contribution in [0, 0.1) is 0 Å². The molecule has 1 unspecified atom stereocenters. The molecular formula is C8H16N2O2S2. The molecule has 4 nitrogen and oxygen atoms in total. The number of hydrogen-bond donors (Lipinski definition) is 4. The molecule has 6 heteroatoms. The minimum absolute atomic E-state index is 0.664. The fourth-order valence-electron chi connectivity index (χ4n) is 0.901. The molecule has 1 atom stereocenters. The van der Waals surface area contributed by atoms with Crippen LogP contribution in [0.15, 0.2) is 15.7 Å². The van der Waals surface area contributed by atoms with E-state index in [1.165, 1.54) is 11.3 Å². The largest absolute Gasteiger partial charge is 0.386 e. The summed E-state index contributed by atoms with van der Waals surface area (Å²) in [7, 11) is -0.770. The van der Waals surface area contributed by atoms with Crippen LogP contribution in [0.3, 0.4) is 0 Å². The van der Waals surface area contributed by atoms with Crippen LogP contribution in [-0.4, -0.2) is 16.7 Å². The van der Waals surface area contributed by atoms with Crippen LogP contribution in [0.5, 0.6) is 0 Å². The number of hydrogen-bond acceptors (Lipinski definition) is 5. The molecule has 0 aliphatic carbocycles. The van der Waals surface area contributed by atoms with Crippen molar-refractivity contribution >= 4 is 22.0 Å². The third-order valence-electron chi connectivity index (χ3n) is 1.90. The molecule has 0 amide bonds. The SMILES string of the molecule is CNS(N)(O)c1cc(C(C)(C)O)cs1. The molecule has 1 rings (SSSR count). The van der Waals surface area contributed by atoms with Crippen LogP contribution in [-0.2, 0) is 5.60 Å². The van der Waals surface area contributed by atoms with E-state index in [1.807, 2.05) is 0 Å². The molecule has 0 saturated carbocycles. The van der Waals surface area contributed by atoms with Crippen molar-refractivity contribution in [3.63, 3.8) is 0 Å². The van der Waals surface area contributed by atoms with E-state index >= 15 is 0 Å². The van der Waals surface area contributed by atoms with Crippen LogP contribution in [0.1, 0.15) is 19.4 Å². The van der Waals surface area contributed by atoms with Crippen molar-refractivity contribution in [2.45, 2.75) is 23.7 Å². The highest BCUT2D eigenvalue weighted by atomic mass is 32.3. The molecule has 1 aromatic heterocycles. The molecule has 0 saturated heterocycles. The van der Waals surface area contributed by atoms with Gasteiger partial charge in [0.2, 0.25) is 0 Å². The van der Waals surface area contributed by atoms with Gasteiger partial charge in [0.15, 0.2) is 0 Å². The second kappa shape index (κ2) is 3.80. The summed E-state index contributed by atoms with van der Waals surface area (Å²) in [5, 5.41) is 17.2. The quantitative estimate of drug-likeness (QED) is 0.643. The lowest BCUT2D eigenvalue weighted by molar-refractivity contribution is 0.0789. The van der Waals surface area contributed by atoms with Gasteiger partial charge in [0.05, 0.1) is 9.81 Å². The predicted octanol–water partition coefficient (Wildman–Crippen LogP) is 1.62. The summed E-state index contributed by atoms with van der Waals surface area (Å²) in [6.07, 6.45) is 0. The first-order valence-corrected chi connectivity index (χ1v) is 6.64. The summed E-state index contributed by atoms with van der Waals surface area (Å²) in [4.78, 5) is 0. The molecular weight excluding hydrogens is 220 g/mol. The monoisotopic (exact) mass is 236 g/mol. The fourth-order valence-corrected chi connectivity index (χ4v) is 3.18. The van der Waals surface area contributed by atoms with Crippen molar-refractivity contribution in [1.82, 2.24) is 4.72 Å². The Morgan fingerprint density at radius 2 is 2.14 bits per heavy atom. The minimum Gasteiger partial charge on any atom is -0.386 e. The molecule has 0 bridgehead atoms. The van der Waals surface area contributed by atoms with Gasteiger partial charge in [-0.3, -0.25) is 5.14 Å². The lowest BCUT2D eigenvalue weighted by atomic mass is 10.0. The Morgan fingerprint density at radius 1 is 1.57 bits per heavy atom. The van der Waals surface area contributed by atoms with Gasteiger partial charge in [-0.15, -0.1) is 11.3 Å². The minimum atomic E-state index is -2.38. The maximum absolute atomic E-state index is 9.75. The number of aliphatic hydroxyl groups is 1. The first kappa shape index (κ1) is 12.0. The highest BCUT2D eigenvalue weighted by Gasteiger charge is 2.23. The van der Waals surface area contributed by atoms with E-state index in [-0.39, 0.29) is 0 Å². The zero-order chi connectivity index (χ0) is 11.0. The Labute approximate surface area is 89.5 Å². The van der Waals surface area contributed by atoms with Crippen LogP contribution >= 0.6 is 22.0 Å². The zero-order valence-electron chi connectivity index (χ0n) is 8.44. The second-order valence-electron chi connectivity index (χ2n) is 3.54. The molecule has 1 heterocycles. The molecule has 0 radical (unpaired) electrons. The Hall–Kier alpha value is -0.110. The highest BCUT2D eigenvalue weighted by molar-refractivity contribution is 8.26. The van der Waals surface area contributed by atoms with E-state index in [2.05, 4.69) is 4.72 Å². The summed E-state index contributed by atoms with van der Waals surface area (Å²) < 4.78 is 13.1. The van der Waals surface area contributed by atoms with E-state index in [4.69, 9.17) is 5.14 Å². The Morgan fingerprint density at radius 3 is 2.50 bits per heavy atom. The van der Waals surface area contributed by atoms with Crippen molar-refractivity contribution in [2.24, 2.45) is 5.14 Å². The topological polar surface area (TPSA) is 78.5 Å². The molecule has 82 valence electrons. The van der Waals surface area contributed by atoms with Crippen LogP contribution in [0.4, 0.5) is 0 Å². The maximum atomic E-state index is 9.75. The van der Waals surface area contributed by atoms with Gasteiger partial charge in [-0.1, -0.05) is 0 Å². The average Bonchev–Trinajstić information content (AvgIpc) is 2.51. The van der Waals surface area contributed by atoms with Crippen LogP contribution in [0.2, 0.25) is 0 Å². The normalized spacial score (nSPS) is 19.0. The first-order valence-electron chi connectivity index (χ1n) is 4.11.